The van der Waals surface area contributed by atoms with Gasteiger partial charge >= 0.3 is 12.4 Å². The second-order valence-corrected chi connectivity index (χ2v) is 4.57. The zero-order chi connectivity index (χ0) is 15.6. The van der Waals surface area contributed by atoms with Crippen molar-refractivity contribution in [1.82, 2.24) is 5.32 Å². The molecule has 10 heteroatoms. The number of rotatable bonds is 3. The van der Waals surface area contributed by atoms with Crippen molar-refractivity contribution in [3.05, 3.63) is 0 Å². The van der Waals surface area contributed by atoms with Crippen LogP contribution in [-0.2, 0) is 9.53 Å². The number of alkyl halides is 6. The average Bonchev–Trinajstić information content (AvgIpc) is 2.23. The highest BCUT2D eigenvalue weighted by Gasteiger charge is 2.61. The van der Waals surface area contributed by atoms with E-state index >= 15 is 0 Å². The molecule has 1 aliphatic rings. The maximum atomic E-state index is 12.3. The molecule has 1 heterocycles. The Morgan fingerprint density at radius 2 is 1.60 bits per heavy atom. The molecular weight excluding hydrogens is 296 g/mol. The molecule has 0 aromatic carbocycles. The highest BCUT2D eigenvalue weighted by Crippen LogP contribution is 2.39. The van der Waals surface area contributed by atoms with Crippen LogP contribution in [0.1, 0.15) is 12.8 Å². The lowest BCUT2D eigenvalue weighted by molar-refractivity contribution is -0.274. The Morgan fingerprint density at radius 3 is 2.00 bits per heavy atom. The van der Waals surface area contributed by atoms with E-state index in [2.05, 4.69) is 0 Å². The first-order chi connectivity index (χ1) is 8.96. The number of carbonyl (C=O) groups is 1. The number of amides is 1. The summed E-state index contributed by atoms with van der Waals surface area (Å²) < 4.78 is 78.5. The molecule has 0 spiro atoms. The molecule has 0 aliphatic carbocycles. The lowest BCUT2D eigenvalue weighted by Crippen LogP contribution is -2.52. The van der Waals surface area contributed by atoms with Gasteiger partial charge in [0, 0.05) is 32.6 Å². The Hall–Kier alpha value is -1.03. The van der Waals surface area contributed by atoms with Crippen LogP contribution in [0, 0.1) is 5.92 Å². The second kappa shape index (κ2) is 5.76. The van der Waals surface area contributed by atoms with Gasteiger partial charge in [-0.3, -0.25) is 4.79 Å². The predicted molar refractivity (Wildman–Crippen MR) is 53.6 cm³/mol. The number of hydrogen-bond acceptors (Lipinski definition) is 3. The highest BCUT2D eigenvalue weighted by atomic mass is 19.4. The van der Waals surface area contributed by atoms with Crippen molar-refractivity contribution in [2.45, 2.75) is 30.8 Å². The van der Waals surface area contributed by atoms with Gasteiger partial charge in [-0.15, -0.1) is 0 Å². The number of halogens is 6. The number of hydrogen-bond donors (Lipinski definition) is 2. The van der Waals surface area contributed by atoms with E-state index in [1.165, 1.54) is 5.32 Å². The summed E-state index contributed by atoms with van der Waals surface area (Å²) in [7, 11) is 0. The summed E-state index contributed by atoms with van der Waals surface area (Å²) in [5.41, 5.74) is -1.55. The number of ether oxygens (including phenoxy) is 1. The molecule has 1 aliphatic heterocycles. The third-order valence-electron chi connectivity index (χ3n) is 2.93. The molecule has 4 nitrogen and oxygen atoms in total. The van der Waals surface area contributed by atoms with Crippen molar-refractivity contribution in [3.63, 3.8) is 0 Å². The molecular formula is C10H13F6NO3. The van der Waals surface area contributed by atoms with Crippen LogP contribution >= 0.6 is 0 Å². The van der Waals surface area contributed by atoms with Gasteiger partial charge in [0.25, 0.3) is 0 Å². The Kier molecular flexibility index (Phi) is 4.90. The van der Waals surface area contributed by atoms with Crippen LogP contribution in [0.4, 0.5) is 26.3 Å². The van der Waals surface area contributed by atoms with E-state index in [4.69, 9.17) is 4.74 Å². The van der Waals surface area contributed by atoms with Crippen molar-refractivity contribution < 1.29 is 41.0 Å². The minimum Gasteiger partial charge on any atom is -0.388 e. The molecule has 0 aromatic rings. The lowest BCUT2D eigenvalue weighted by atomic mass is 9.94. The number of aliphatic hydroxyl groups is 1. The second-order valence-electron chi connectivity index (χ2n) is 4.57. The minimum atomic E-state index is -5.74. The van der Waals surface area contributed by atoms with E-state index in [1.807, 2.05) is 0 Å². The average molecular weight is 309 g/mol. The van der Waals surface area contributed by atoms with Crippen molar-refractivity contribution in [1.29, 1.82) is 0 Å². The molecule has 20 heavy (non-hydrogen) atoms. The zero-order valence-electron chi connectivity index (χ0n) is 10.1. The largest absolute Gasteiger partial charge is 0.409 e. The molecule has 0 radical (unpaired) electrons. The molecule has 0 atom stereocenters. The smallest absolute Gasteiger partial charge is 0.388 e. The summed E-state index contributed by atoms with van der Waals surface area (Å²) in [6, 6.07) is 0. The predicted octanol–water partition coefficient (Wildman–Crippen LogP) is 1.38. The van der Waals surface area contributed by atoms with Crippen LogP contribution < -0.4 is 5.32 Å². The van der Waals surface area contributed by atoms with Crippen LogP contribution in [-0.4, -0.2) is 48.7 Å². The van der Waals surface area contributed by atoms with E-state index in [-0.39, 0.29) is 26.1 Å². The van der Waals surface area contributed by atoms with Gasteiger partial charge in [-0.2, -0.15) is 26.3 Å². The summed E-state index contributed by atoms with van der Waals surface area (Å²) in [6.45, 7) is -0.444. The van der Waals surface area contributed by atoms with Gasteiger partial charge in [0.1, 0.15) is 0 Å². The Balaban J connectivity index is 2.68. The third-order valence-corrected chi connectivity index (χ3v) is 2.93. The quantitative estimate of drug-likeness (QED) is 0.775. The normalized spacial score (nSPS) is 20.0. The standard InChI is InChI=1S/C10H13F6NO3/c11-9(12,13)6(10(14,15)16)7(18)17-5-8(19)1-3-20-4-2-8/h6,19H,1-5H2,(H,17,18). The minimum absolute atomic E-state index is 0.0238. The van der Waals surface area contributed by atoms with Gasteiger partial charge in [-0.05, 0) is 0 Å². The van der Waals surface area contributed by atoms with E-state index < -0.39 is 36.3 Å². The first kappa shape index (κ1) is 17.0. The van der Waals surface area contributed by atoms with Crippen LogP contribution in [0.15, 0.2) is 0 Å². The van der Waals surface area contributed by atoms with Gasteiger partial charge in [0.2, 0.25) is 11.8 Å². The Bertz CT molecular complexity index is 334. The van der Waals surface area contributed by atoms with Crippen LogP contribution in [0.25, 0.3) is 0 Å². The summed E-state index contributed by atoms with van der Waals surface area (Å²) in [6.07, 6.45) is -11.4. The van der Waals surface area contributed by atoms with E-state index in [0.717, 1.165) is 0 Å². The van der Waals surface area contributed by atoms with Gasteiger partial charge < -0.3 is 15.2 Å². The molecule has 1 fully saturated rings. The SMILES string of the molecule is O=C(NCC1(O)CCOCC1)C(C(F)(F)F)C(F)(F)F. The summed E-state index contributed by atoms with van der Waals surface area (Å²) in [4.78, 5) is 11.1. The maximum Gasteiger partial charge on any atom is 0.409 e. The van der Waals surface area contributed by atoms with Crippen LogP contribution in [0.3, 0.4) is 0 Å². The fourth-order valence-electron chi connectivity index (χ4n) is 1.76. The molecule has 0 aromatic heterocycles. The van der Waals surface area contributed by atoms with Crippen LogP contribution in [0.5, 0.6) is 0 Å². The molecule has 118 valence electrons. The van der Waals surface area contributed by atoms with Gasteiger partial charge in [0.05, 0.1) is 5.60 Å². The van der Waals surface area contributed by atoms with Crippen molar-refractivity contribution in [2.75, 3.05) is 19.8 Å². The van der Waals surface area contributed by atoms with Crippen molar-refractivity contribution >= 4 is 5.91 Å². The van der Waals surface area contributed by atoms with Crippen LogP contribution in [0.2, 0.25) is 0 Å². The molecule has 1 amide bonds. The monoisotopic (exact) mass is 309 g/mol. The lowest BCUT2D eigenvalue weighted by Gasteiger charge is -2.32. The maximum absolute atomic E-state index is 12.3. The molecule has 2 N–H and O–H groups in total. The topological polar surface area (TPSA) is 58.6 Å². The number of nitrogens with one attached hydrogen (secondary N) is 1. The van der Waals surface area contributed by atoms with E-state index in [1.54, 1.807) is 0 Å². The van der Waals surface area contributed by atoms with Gasteiger partial charge in [-0.25, -0.2) is 0 Å². The van der Waals surface area contributed by atoms with Crippen molar-refractivity contribution in [3.8, 4) is 0 Å². The summed E-state index contributed by atoms with van der Waals surface area (Å²) in [5.74, 6) is -6.32. The summed E-state index contributed by atoms with van der Waals surface area (Å²) >= 11 is 0. The summed E-state index contributed by atoms with van der Waals surface area (Å²) in [5, 5.41) is 11.4. The van der Waals surface area contributed by atoms with Gasteiger partial charge in [-0.1, -0.05) is 0 Å². The number of carbonyl (C=O) groups excluding carboxylic acids is 1. The van der Waals surface area contributed by atoms with Gasteiger partial charge in [0.15, 0.2) is 0 Å². The highest BCUT2D eigenvalue weighted by molar-refractivity contribution is 5.80. The third kappa shape index (κ3) is 4.51. The fourth-order valence-corrected chi connectivity index (χ4v) is 1.76. The first-order valence-corrected chi connectivity index (χ1v) is 5.67. The Morgan fingerprint density at radius 1 is 1.15 bits per heavy atom. The zero-order valence-corrected chi connectivity index (χ0v) is 10.1. The van der Waals surface area contributed by atoms with Crippen molar-refractivity contribution in [2.24, 2.45) is 5.92 Å². The molecule has 0 unspecified atom stereocenters. The molecule has 0 bridgehead atoms. The molecule has 1 rings (SSSR count). The van der Waals surface area contributed by atoms with E-state index in [9.17, 15) is 36.2 Å². The first-order valence-electron chi connectivity index (χ1n) is 5.67. The molecule has 0 saturated carbocycles. The fraction of sp³-hybridized carbons (Fsp3) is 0.900. The molecule has 1 saturated heterocycles. The Labute approximate surface area is 110 Å². The van der Waals surface area contributed by atoms with E-state index in [0.29, 0.717) is 0 Å².